The van der Waals surface area contributed by atoms with Gasteiger partial charge in [0.2, 0.25) is 0 Å². The van der Waals surface area contributed by atoms with Gasteiger partial charge in [0, 0.05) is 0 Å². The van der Waals surface area contributed by atoms with Gasteiger partial charge in [0.05, 0.1) is 7.11 Å². The first kappa shape index (κ1) is 12.0. The molecule has 1 atom stereocenters. The molecule has 13 heavy (non-hydrogen) atoms. The summed E-state index contributed by atoms with van der Waals surface area (Å²) < 4.78 is 9.59. The predicted molar refractivity (Wildman–Crippen MR) is 49.6 cm³/mol. The summed E-state index contributed by atoms with van der Waals surface area (Å²) >= 11 is 0. The van der Waals surface area contributed by atoms with Crippen LogP contribution in [0, 0.1) is 6.92 Å². The third-order valence-electron chi connectivity index (χ3n) is 1.52. The van der Waals surface area contributed by atoms with E-state index in [9.17, 15) is 4.79 Å². The summed E-state index contributed by atoms with van der Waals surface area (Å²) in [5.41, 5.74) is 5.49. The molecule has 0 spiro atoms. The number of esters is 1. The van der Waals surface area contributed by atoms with Gasteiger partial charge >= 0.3 is 5.97 Å². The van der Waals surface area contributed by atoms with Crippen LogP contribution in [-0.4, -0.2) is 13.1 Å². The molecule has 0 saturated carbocycles. The van der Waals surface area contributed by atoms with E-state index in [2.05, 4.69) is 4.74 Å². The fraction of sp³-hybridized carbons (Fsp3) is 0.375. The van der Waals surface area contributed by atoms with Gasteiger partial charge in [-0.05, 0) is 19.1 Å². The number of carbonyl (C=O) groups is 1. The van der Waals surface area contributed by atoms with Crippen molar-refractivity contribution in [3.63, 3.8) is 0 Å². The minimum Gasteiger partial charge on any atom is -0.468 e. The van der Waals surface area contributed by atoms with Gasteiger partial charge in [-0.25, -0.2) is 4.79 Å². The lowest BCUT2D eigenvalue weighted by Crippen LogP contribution is -2.21. The van der Waals surface area contributed by atoms with Crippen LogP contribution >= 0.6 is 12.4 Å². The zero-order valence-corrected chi connectivity index (χ0v) is 8.26. The van der Waals surface area contributed by atoms with Crippen molar-refractivity contribution in [3.8, 4) is 0 Å². The maximum absolute atomic E-state index is 10.9. The highest BCUT2D eigenvalue weighted by Crippen LogP contribution is 2.14. The number of furan rings is 1. The zero-order chi connectivity index (χ0) is 9.14. The fourth-order valence-corrected chi connectivity index (χ4v) is 0.864. The molecular formula is C8H12ClNO3. The number of carbonyl (C=O) groups excluding carboxylic acids is 1. The van der Waals surface area contributed by atoms with Crippen LogP contribution < -0.4 is 5.73 Å². The van der Waals surface area contributed by atoms with Gasteiger partial charge in [-0.1, -0.05) is 0 Å². The van der Waals surface area contributed by atoms with Crippen LogP contribution in [0.2, 0.25) is 0 Å². The highest BCUT2D eigenvalue weighted by molar-refractivity contribution is 5.85. The number of aryl methyl sites for hydroxylation is 1. The Morgan fingerprint density at radius 3 is 2.62 bits per heavy atom. The summed E-state index contributed by atoms with van der Waals surface area (Å²) in [7, 11) is 1.29. The molecule has 2 N–H and O–H groups in total. The van der Waals surface area contributed by atoms with Crippen LogP contribution in [-0.2, 0) is 9.53 Å². The van der Waals surface area contributed by atoms with Crippen molar-refractivity contribution in [3.05, 3.63) is 23.7 Å². The maximum Gasteiger partial charge on any atom is 0.330 e. The van der Waals surface area contributed by atoms with Gasteiger partial charge < -0.3 is 14.9 Å². The molecule has 0 saturated heterocycles. The van der Waals surface area contributed by atoms with Gasteiger partial charge in [0.1, 0.15) is 11.5 Å². The normalized spacial score (nSPS) is 11.6. The summed E-state index contributed by atoms with van der Waals surface area (Å²) in [6, 6.07) is 2.60. The Balaban J connectivity index is 0.00000144. The molecule has 0 unspecified atom stereocenters. The van der Waals surface area contributed by atoms with Crippen LogP contribution in [0.4, 0.5) is 0 Å². The Kier molecular flexibility index (Phi) is 4.51. The van der Waals surface area contributed by atoms with Crippen LogP contribution in [0.15, 0.2) is 16.5 Å². The van der Waals surface area contributed by atoms with E-state index in [1.165, 1.54) is 7.11 Å². The molecule has 0 aromatic carbocycles. The molecule has 0 bridgehead atoms. The Morgan fingerprint density at radius 1 is 1.62 bits per heavy atom. The Hall–Kier alpha value is -1.00. The second-order valence-electron chi connectivity index (χ2n) is 2.45. The highest BCUT2D eigenvalue weighted by atomic mass is 35.5. The van der Waals surface area contributed by atoms with Crippen molar-refractivity contribution in [1.29, 1.82) is 0 Å². The molecule has 0 amide bonds. The Labute approximate surface area is 82.5 Å². The minimum atomic E-state index is -0.816. The van der Waals surface area contributed by atoms with E-state index in [1.54, 1.807) is 19.1 Å². The van der Waals surface area contributed by atoms with E-state index in [4.69, 9.17) is 10.2 Å². The first-order valence-electron chi connectivity index (χ1n) is 3.55. The molecule has 5 heteroatoms. The molecule has 1 heterocycles. The van der Waals surface area contributed by atoms with Crippen LogP contribution in [0.5, 0.6) is 0 Å². The molecular weight excluding hydrogens is 194 g/mol. The van der Waals surface area contributed by atoms with Gasteiger partial charge in [-0.15, -0.1) is 12.4 Å². The van der Waals surface area contributed by atoms with E-state index >= 15 is 0 Å². The number of hydrogen-bond donors (Lipinski definition) is 1. The van der Waals surface area contributed by atoms with Crippen molar-refractivity contribution in [2.24, 2.45) is 5.73 Å². The first-order chi connectivity index (χ1) is 5.65. The molecule has 0 aliphatic rings. The average Bonchev–Trinajstić information content (AvgIpc) is 2.49. The van der Waals surface area contributed by atoms with E-state index in [1.807, 2.05) is 0 Å². The summed E-state index contributed by atoms with van der Waals surface area (Å²) in [6.45, 7) is 1.79. The van der Waals surface area contributed by atoms with Crippen LogP contribution in [0.25, 0.3) is 0 Å². The molecule has 1 aromatic rings. The number of halogens is 1. The lowest BCUT2D eigenvalue weighted by molar-refractivity contribution is -0.142. The number of ether oxygens (including phenoxy) is 1. The number of hydrogen-bond acceptors (Lipinski definition) is 4. The fourth-order valence-electron chi connectivity index (χ4n) is 0.864. The quantitative estimate of drug-likeness (QED) is 0.737. The average molecular weight is 206 g/mol. The molecule has 4 nitrogen and oxygen atoms in total. The number of nitrogens with two attached hydrogens (primary N) is 1. The Bertz CT molecular complexity index is 285. The molecule has 0 fully saturated rings. The van der Waals surface area contributed by atoms with Gasteiger partial charge in [0.25, 0.3) is 0 Å². The van der Waals surface area contributed by atoms with Crippen molar-refractivity contribution in [1.82, 2.24) is 0 Å². The van der Waals surface area contributed by atoms with Crippen LogP contribution in [0.1, 0.15) is 17.6 Å². The predicted octanol–water partition coefficient (Wildman–Crippen LogP) is 1.18. The minimum absolute atomic E-state index is 0. The largest absolute Gasteiger partial charge is 0.468 e. The summed E-state index contributed by atoms with van der Waals surface area (Å²) in [4.78, 5) is 10.9. The molecule has 0 aliphatic carbocycles. The SMILES string of the molecule is COC(=O)[C@H](N)c1ccc(C)o1.Cl. The van der Waals surface area contributed by atoms with Crippen molar-refractivity contribution >= 4 is 18.4 Å². The zero-order valence-electron chi connectivity index (χ0n) is 7.44. The molecule has 0 radical (unpaired) electrons. The highest BCUT2D eigenvalue weighted by Gasteiger charge is 2.18. The standard InChI is InChI=1S/C8H11NO3.ClH/c1-5-3-4-6(12-5)7(9)8(10)11-2;/h3-4,7H,9H2,1-2H3;1H/t7-;/m1./s1. The lowest BCUT2D eigenvalue weighted by atomic mass is 10.2. The number of methoxy groups -OCH3 is 1. The molecule has 74 valence electrons. The first-order valence-corrected chi connectivity index (χ1v) is 3.55. The topological polar surface area (TPSA) is 65.5 Å². The smallest absolute Gasteiger partial charge is 0.330 e. The van der Waals surface area contributed by atoms with Gasteiger partial charge in [-0.2, -0.15) is 0 Å². The Morgan fingerprint density at radius 2 is 2.23 bits per heavy atom. The third kappa shape index (κ3) is 2.75. The monoisotopic (exact) mass is 205 g/mol. The third-order valence-corrected chi connectivity index (χ3v) is 1.52. The second kappa shape index (κ2) is 4.89. The lowest BCUT2D eigenvalue weighted by Gasteiger charge is -2.04. The van der Waals surface area contributed by atoms with E-state index in [0.717, 1.165) is 5.76 Å². The van der Waals surface area contributed by atoms with Crippen molar-refractivity contribution in [2.45, 2.75) is 13.0 Å². The summed E-state index contributed by atoms with van der Waals surface area (Å²) in [5.74, 6) is 0.660. The van der Waals surface area contributed by atoms with Crippen LogP contribution in [0.3, 0.4) is 0 Å². The second-order valence-corrected chi connectivity index (χ2v) is 2.45. The number of rotatable bonds is 2. The molecule has 1 rings (SSSR count). The van der Waals surface area contributed by atoms with E-state index in [0.29, 0.717) is 5.76 Å². The van der Waals surface area contributed by atoms with Gasteiger partial charge in [0.15, 0.2) is 6.04 Å². The van der Waals surface area contributed by atoms with Crippen molar-refractivity contribution < 1.29 is 13.9 Å². The van der Waals surface area contributed by atoms with Gasteiger partial charge in [-0.3, -0.25) is 0 Å². The molecule has 0 aliphatic heterocycles. The summed E-state index contributed by atoms with van der Waals surface area (Å²) in [6.07, 6.45) is 0. The molecule has 1 aromatic heterocycles. The van der Waals surface area contributed by atoms with E-state index < -0.39 is 12.0 Å². The maximum atomic E-state index is 10.9. The van der Waals surface area contributed by atoms with E-state index in [-0.39, 0.29) is 12.4 Å². The van der Waals surface area contributed by atoms with Crippen molar-refractivity contribution in [2.75, 3.05) is 7.11 Å². The summed E-state index contributed by atoms with van der Waals surface area (Å²) in [5, 5.41) is 0.